The van der Waals surface area contributed by atoms with Crippen LogP contribution < -0.4 is 0 Å². The number of nitrogens with zero attached hydrogens (tertiary/aromatic N) is 1. The summed E-state index contributed by atoms with van der Waals surface area (Å²) in [7, 11) is 0. The van der Waals surface area contributed by atoms with Gasteiger partial charge in [0.1, 0.15) is 0 Å². The highest BCUT2D eigenvalue weighted by Gasteiger charge is 2.27. The predicted molar refractivity (Wildman–Crippen MR) is 84.1 cm³/mol. The van der Waals surface area contributed by atoms with E-state index >= 15 is 0 Å². The normalized spacial score (nSPS) is 18.6. The van der Waals surface area contributed by atoms with Gasteiger partial charge in [0.25, 0.3) is 0 Å². The summed E-state index contributed by atoms with van der Waals surface area (Å²) >= 11 is 0. The zero-order chi connectivity index (χ0) is 15.7. The van der Waals surface area contributed by atoms with Gasteiger partial charge in [0.2, 0.25) is 5.91 Å². The predicted octanol–water partition coefficient (Wildman–Crippen LogP) is 3.84. The summed E-state index contributed by atoms with van der Waals surface area (Å²) < 4.78 is 0. The molecule has 1 rings (SSSR count). The van der Waals surface area contributed by atoms with Crippen molar-refractivity contribution in [1.82, 2.24) is 4.90 Å². The van der Waals surface area contributed by atoms with E-state index in [2.05, 4.69) is 6.92 Å². The molecule has 21 heavy (non-hydrogen) atoms. The summed E-state index contributed by atoms with van der Waals surface area (Å²) in [6.07, 6.45) is 10.6. The van der Waals surface area contributed by atoms with Crippen LogP contribution in [0.25, 0.3) is 0 Å². The van der Waals surface area contributed by atoms with Gasteiger partial charge >= 0.3 is 5.97 Å². The number of unbranched alkanes of at least 4 members (excludes halogenated alkanes) is 1. The third kappa shape index (κ3) is 6.49. The second-order valence-electron chi connectivity index (χ2n) is 6.39. The standard InChI is InChI=1S/C17H31NO3/c1-3-4-12-16(19)18(13-14(2)17(20)21)15-10-8-6-5-7-9-11-15/h14-15H,3-13H2,1-2H3,(H,20,21). The molecule has 1 N–H and O–H groups in total. The van der Waals surface area contributed by atoms with E-state index in [-0.39, 0.29) is 11.9 Å². The molecule has 0 aromatic heterocycles. The zero-order valence-electron chi connectivity index (χ0n) is 13.6. The second kappa shape index (κ2) is 9.80. The third-order valence-corrected chi connectivity index (χ3v) is 4.47. The van der Waals surface area contributed by atoms with Crippen LogP contribution in [0.15, 0.2) is 0 Å². The maximum absolute atomic E-state index is 12.5. The van der Waals surface area contributed by atoms with Crippen molar-refractivity contribution in [3.63, 3.8) is 0 Å². The molecule has 0 aromatic rings. The van der Waals surface area contributed by atoms with Crippen LogP contribution in [0.5, 0.6) is 0 Å². The van der Waals surface area contributed by atoms with Crippen LogP contribution in [-0.2, 0) is 9.59 Å². The molecular weight excluding hydrogens is 266 g/mol. The molecule has 0 radical (unpaired) electrons. The van der Waals surface area contributed by atoms with Gasteiger partial charge in [0.05, 0.1) is 5.92 Å². The van der Waals surface area contributed by atoms with Gasteiger partial charge in [-0.2, -0.15) is 0 Å². The highest BCUT2D eigenvalue weighted by molar-refractivity contribution is 5.77. The molecule has 0 saturated heterocycles. The van der Waals surface area contributed by atoms with Crippen molar-refractivity contribution in [2.24, 2.45) is 5.92 Å². The van der Waals surface area contributed by atoms with Gasteiger partial charge in [0, 0.05) is 19.0 Å². The maximum Gasteiger partial charge on any atom is 0.308 e. The molecule has 0 aromatic carbocycles. The number of rotatable bonds is 7. The Morgan fingerprint density at radius 3 is 2.24 bits per heavy atom. The largest absolute Gasteiger partial charge is 0.481 e. The molecule has 1 unspecified atom stereocenters. The van der Waals surface area contributed by atoms with Gasteiger partial charge < -0.3 is 10.0 Å². The molecule has 0 bridgehead atoms. The van der Waals surface area contributed by atoms with Crippen molar-refractivity contribution in [1.29, 1.82) is 0 Å². The third-order valence-electron chi connectivity index (χ3n) is 4.47. The first-order valence-electron chi connectivity index (χ1n) is 8.58. The van der Waals surface area contributed by atoms with Gasteiger partial charge in [-0.25, -0.2) is 0 Å². The Bertz CT molecular complexity index is 322. The fraction of sp³-hybridized carbons (Fsp3) is 0.882. The molecule has 1 atom stereocenters. The average molecular weight is 297 g/mol. The molecule has 1 aliphatic carbocycles. The molecule has 1 fully saturated rings. The van der Waals surface area contributed by atoms with Gasteiger partial charge in [-0.15, -0.1) is 0 Å². The van der Waals surface area contributed by atoms with Crippen LogP contribution >= 0.6 is 0 Å². The maximum atomic E-state index is 12.5. The van der Waals surface area contributed by atoms with Crippen molar-refractivity contribution in [2.45, 2.75) is 84.1 Å². The Morgan fingerprint density at radius 2 is 1.71 bits per heavy atom. The van der Waals surface area contributed by atoms with E-state index in [0.29, 0.717) is 13.0 Å². The first-order chi connectivity index (χ1) is 10.1. The van der Waals surface area contributed by atoms with E-state index in [4.69, 9.17) is 5.11 Å². The summed E-state index contributed by atoms with van der Waals surface area (Å²) in [5, 5.41) is 9.15. The molecule has 122 valence electrons. The number of amides is 1. The molecule has 1 amide bonds. The Balaban J connectivity index is 2.72. The van der Waals surface area contributed by atoms with Crippen LogP contribution in [-0.4, -0.2) is 34.5 Å². The first kappa shape index (κ1) is 18.0. The molecule has 4 heteroatoms. The highest BCUT2D eigenvalue weighted by Crippen LogP contribution is 2.23. The monoisotopic (exact) mass is 297 g/mol. The highest BCUT2D eigenvalue weighted by atomic mass is 16.4. The Hall–Kier alpha value is -1.06. The van der Waals surface area contributed by atoms with Crippen molar-refractivity contribution < 1.29 is 14.7 Å². The number of hydrogen-bond donors (Lipinski definition) is 1. The first-order valence-corrected chi connectivity index (χ1v) is 8.58. The topological polar surface area (TPSA) is 57.6 Å². The fourth-order valence-corrected chi connectivity index (χ4v) is 3.05. The van der Waals surface area contributed by atoms with Crippen LogP contribution in [0.1, 0.15) is 78.1 Å². The number of hydrogen-bond acceptors (Lipinski definition) is 2. The van der Waals surface area contributed by atoms with E-state index < -0.39 is 11.9 Å². The number of carbonyl (C=O) groups is 2. The smallest absolute Gasteiger partial charge is 0.308 e. The van der Waals surface area contributed by atoms with E-state index in [1.165, 1.54) is 19.3 Å². The van der Waals surface area contributed by atoms with Gasteiger partial charge in [-0.3, -0.25) is 9.59 Å². The van der Waals surface area contributed by atoms with E-state index in [1.807, 2.05) is 4.90 Å². The Labute approximate surface area is 128 Å². The van der Waals surface area contributed by atoms with Crippen molar-refractivity contribution >= 4 is 11.9 Å². The van der Waals surface area contributed by atoms with Crippen LogP contribution in [0, 0.1) is 5.92 Å². The number of carboxylic acid groups (broad SMARTS) is 1. The second-order valence-corrected chi connectivity index (χ2v) is 6.39. The lowest BCUT2D eigenvalue weighted by atomic mass is 9.94. The van der Waals surface area contributed by atoms with Gasteiger partial charge in [-0.1, -0.05) is 52.4 Å². The summed E-state index contributed by atoms with van der Waals surface area (Å²) in [5.74, 6) is -1.15. The number of aliphatic carboxylic acids is 1. The number of carboxylic acids is 1. The van der Waals surface area contributed by atoms with Crippen molar-refractivity contribution in [3.8, 4) is 0 Å². The Morgan fingerprint density at radius 1 is 1.14 bits per heavy atom. The Kier molecular flexibility index (Phi) is 8.40. The lowest BCUT2D eigenvalue weighted by Crippen LogP contribution is -2.44. The minimum Gasteiger partial charge on any atom is -0.481 e. The van der Waals surface area contributed by atoms with E-state index in [9.17, 15) is 9.59 Å². The van der Waals surface area contributed by atoms with Crippen LogP contribution in [0.2, 0.25) is 0 Å². The lowest BCUT2D eigenvalue weighted by molar-refractivity contribution is -0.144. The number of carbonyl (C=O) groups excluding carboxylic acids is 1. The fourth-order valence-electron chi connectivity index (χ4n) is 3.05. The molecule has 0 heterocycles. The molecular formula is C17H31NO3. The summed E-state index contributed by atoms with van der Waals surface area (Å²) in [4.78, 5) is 25.5. The van der Waals surface area contributed by atoms with Gasteiger partial charge in [-0.05, 0) is 19.3 Å². The van der Waals surface area contributed by atoms with Crippen LogP contribution in [0.3, 0.4) is 0 Å². The quantitative estimate of drug-likeness (QED) is 0.776. The molecule has 4 nitrogen and oxygen atoms in total. The summed E-state index contributed by atoms with van der Waals surface area (Å²) in [6.45, 7) is 4.14. The molecule has 1 aliphatic rings. The van der Waals surface area contributed by atoms with Gasteiger partial charge in [0.15, 0.2) is 0 Å². The minimum atomic E-state index is -0.811. The molecule has 1 saturated carbocycles. The van der Waals surface area contributed by atoms with E-state index in [0.717, 1.165) is 38.5 Å². The zero-order valence-corrected chi connectivity index (χ0v) is 13.6. The summed E-state index contributed by atoms with van der Waals surface area (Å²) in [5.41, 5.74) is 0. The minimum absolute atomic E-state index is 0.149. The lowest BCUT2D eigenvalue weighted by Gasteiger charge is -2.34. The van der Waals surface area contributed by atoms with Crippen molar-refractivity contribution in [2.75, 3.05) is 6.54 Å². The van der Waals surface area contributed by atoms with Crippen molar-refractivity contribution in [3.05, 3.63) is 0 Å². The summed E-state index contributed by atoms with van der Waals surface area (Å²) in [6, 6.07) is 0.247. The van der Waals surface area contributed by atoms with E-state index in [1.54, 1.807) is 6.92 Å². The van der Waals surface area contributed by atoms with Crippen LogP contribution in [0.4, 0.5) is 0 Å². The average Bonchev–Trinajstić information content (AvgIpc) is 2.42. The molecule has 0 spiro atoms. The molecule has 0 aliphatic heterocycles. The SMILES string of the molecule is CCCCC(=O)N(CC(C)C(=O)O)C1CCCCCCC1.